The first-order valence-corrected chi connectivity index (χ1v) is 8.48. The molecule has 4 N–H and O–H groups in total. The van der Waals surface area contributed by atoms with Gasteiger partial charge in [-0.05, 0) is 39.8 Å². The molecule has 1 heterocycles. The van der Waals surface area contributed by atoms with Crippen molar-refractivity contribution in [2.45, 2.75) is 50.4 Å². The second-order valence-corrected chi connectivity index (χ2v) is 7.51. The fourth-order valence-electron chi connectivity index (χ4n) is 2.38. The van der Waals surface area contributed by atoms with E-state index in [4.69, 9.17) is 10.8 Å². The van der Waals surface area contributed by atoms with Gasteiger partial charge in [0.05, 0.1) is 11.7 Å². The molecule has 1 rings (SSSR count). The zero-order valence-corrected chi connectivity index (χ0v) is 12.9. The number of nitrogens with two attached hydrogens (primary N) is 1. The largest absolute Gasteiger partial charge is 0.481 e. The summed E-state index contributed by atoms with van der Waals surface area (Å²) in [5.74, 6) is -1.15. The lowest BCUT2D eigenvalue weighted by Gasteiger charge is -2.35. The Morgan fingerprint density at radius 1 is 1.40 bits per heavy atom. The molecule has 118 valence electrons. The highest BCUT2D eigenvalue weighted by molar-refractivity contribution is 7.90. The number of sulfonamides is 1. The van der Waals surface area contributed by atoms with E-state index in [-0.39, 0.29) is 12.6 Å². The highest BCUT2D eigenvalue weighted by Gasteiger charge is 2.30. The SMILES string of the molecule is CC(C)N1CCC(NS(=O)(=O)C(CN)CC(=O)O)CC1. The number of carboxylic acid groups (broad SMARTS) is 1. The Hall–Kier alpha value is -0.700. The smallest absolute Gasteiger partial charge is 0.304 e. The summed E-state index contributed by atoms with van der Waals surface area (Å²) in [4.78, 5) is 13.0. The van der Waals surface area contributed by atoms with Crippen LogP contribution in [0.25, 0.3) is 0 Å². The van der Waals surface area contributed by atoms with Crippen LogP contribution in [0.1, 0.15) is 33.1 Å². The van der Waals surface area contributed by atoms with Gasteiger partial charge in [0.1, 0.15) is 0 Å². The summed E-state index contributed by atoms with van der Waals surface area (Å²) in [5, 5.41) is 7.66. The average Bonchev–Trinajstić information content (AvgIpc) is 2.35. The van der Waals surface area contributed by atoms with Crippen LogP contribution >= 0.6 is 0 Å². The lowest BCUT2D eigenvalue weighted by atomic mass is 10.1. The quantitative estimate of drug-likeness (QED) is 0.589. The Morgan fingerprint density at radius 2 is 1.95 bits per heavy atom. The van der Waals surface area contributed by atoms with Crippen molar-refractivity contribution < 1.29 is 18.3 Å². The molecule has 1 fully saturated rings. The van der Waals surface area contributed by atoms with E-state index in [1.165, 1.54) is 0 Å². The summed E-state index contributed by atoms with van der Waals surface area (Å²) < 4.78 is 26.8. The number of nitrogens with zero attached hydrogens (tertiary/aromatic N) is 1. The highest BCUT2D eigenvalue weighted by Crippen LogP contribution is 2.15. The molecule has 0 spiro atoms. The number of hydrogen-bond donors (Lipinski definition) is 3. The normalized spacial score (nSPS) is 20.2. The number of rotatable bonds is 7. The molecule has 0 aromatic rings. The van der Waals surface area contributed by atoms with Crippen LogP contribution < -0.4 is 10.5 Å². The first-order valence-electron chi connectivity index (χ1n) is 6.93. The summed E-state index contributed by atoms with van der Waals surface area (Å²) >= 11 is 0. The molecule has 7 nitrogen and oxygen atoms in total. The number of nitrogens with one attached hydrogen (secondary N) is 1. The van der Waals surface area contributed by atoms with E-state index in [2.05, 4.69) is 23.5 Å². The van der Waals surface area contributed by atoms with Crippen molar-refractivity contribution in [1.82, 2.24) is 9.62 Å². The third-order valence-electron chi connectivity index (χ3n) is 3.69. The number of likely N-dealkylation sites (tertiary alicyclic amines) is 1. The lowest BCUT2D eigenvalue weighted by Crippen LogP contribution is -2.50. The molecular weight excluding hydrogens is 282 g/mol. The molecule has 1 aliphatic rings. The van der Waals surface area contributed by atoms with E-state index >= 15 is 0 Å². The fraction of sp³-hybridized carbons (Fsp3) is 0.917. The van der Waals surface area contributed by atoms with Gasteiger partial charge in [0.15, 0.2) is 0 Å². The average molecular weight is 307 g/mol. The third kappa shape index (κ3) is 5.01. The zero-order chi connectivity index (χ0) is 15.3. The maximum atomic E-state index is 12.1. The molecule has 1 atom stereocenters. The van der Waals surface area contributed by atoms with Crippen LogP contribution in [0.3, 0.4) is 0 Å². The molecule has 20 heavy (non-hydrogen) atoms. The van der Waals surface area contributed by atoms with Crippen molar-refractivity contribution >= 4 is 16.0 Å². The lowest BCUT2D eigenvalue weighted by molar-refractivity contribution is -0.137. The zero-order valence-electron chi connectivity index (χ0n) is 12.1. The second-order valence-electron chi connectivity index (χ2n) is 5.52. The van der Waals surface area contributed by atoms with Gasteiger partial charge in [-0.2, -0.15) is 0 Å². The van der Waals surface area contributed by atoms with Gasteiger partial charge >= 0.3 is 5.97 Å². The number of aliphatic carboxylic acids is 1. The number of hydrogen-bond acceptors (Lipinski definition) is 5. The van der Waals surface area contributed by atoms with E-state index in [1.807, 2.05) is 0 Å². The van der Waals surface area contributed by atoms with Gasteiger partial charge in [-0.1, -0.05) is 0 Å². The van der Waals surface area contributed by atoms with E-state index in [0.717, 1.165) is 25.9 Å². The Labute approximate surface area is 120 Å². The second kappa shape index (κ2) is 7.35. The van der Waals surface area contributed by atoms with Crippen LogP contribution in [0.5, 0.6) is 0 Å². The van der Waals surface area contributed by atoms with Gasteiger partial charge in [0.25, 0.3) is 0 Å². The van der Waals surface area contributed by atoms with Crippen molar-refractivity contribution in [3.63, 3.8) is 0 Å². The van der Waals surface area contributed by atoms with Crippen molar-refractivity contribution in [3.05, 3.63) is 0 Å². The van der Waals surface area contributed by atoms with Crippen molar-refractivity contribution in [3.8, 4) is 0 Å². The number of carbonyl (C=O) groups is 1. The monoisotopic (exact) mass is 307 g/mol. The summed E-state index contributed by atoms with van der Waals surface area (Å²) in [7, 11) is -3.68. The minimum absolute atomic E-state index is 0.127. The first kappa shape index (κ1) is 17.4. The van der Waals surface area contributed by atoms with Gasteiger partial charge in [0.2, 0.25) is 10.0 Å². The molecule has 0 aromatic carbocycles. The van der Waals surface area contributed by atoms with Crippen LogP contribution in [0.15, 0.2) is 0 Å². The van der Waals surface area contributed by atoms with Gasteiger partial charge in [0, 0.05) is 18.6 Å². The Balaban J connectivity index is 2.57. The van der Waals surface area contributed by atoms with Gasteiger partial charge in [-0.3, -0.25) is 4.79 Å². The summed E-state index contributed by atoms with van der Waals surface area (Å²) in [5.41, 5.74) is 5.38. The summed E-state index contributed by atoms with van der Waals surface area (Å²) in [6, 6.07) is 0.328. The maximum absolute atomic E-state index is 12.1. The molecule has 8 heteroatoms. The fourth-order valence-corrected chi connectivity index (χ4v) is 3.88. The summed E-state index contributed by atoms with van der Waals surface area (Å²) in [6.45, 7) is 5.73. The highest BCUT2D eigenvalue weighted by atomic mass is 32.2. The van der Waals surface area contributed by atoms with Crippen molar-refractivity contribution in [1.29, 1.82) is 0 Å². The van der Waals surface area contributed by atoms with Gasteiger partial charge in [-0.25, -0.2) is 13.1 Å². The minimum atomic E-state index is -3.68. The topological polar surface area (TPSA) is 113 Å². The van der Waals surface area contributed by atoms with E-state index in [1.54, 1.807) is 0 Å². The minimum Gasteiger partial charge on any atom is -0.481 e. The van der Waals surface area contributed by atoms with Crippen LogP contribution in [0.4, 0.5) is 0 Å². The molecule has 1 saturated heterocycles. The van der Waals surface area contributed by atoms with E-state index < -0.39 is 27.7 Å². The van der Waals surface area contributed by atoms with Crippen LogP contribution in [0, 0.1) is 0 Å². The third-order valence-corrected chi connectivity index (χ3v) is 5.59. The molecule has 0 amide bonds. The maximum Gasteiger partial charge on any atom is 0.304 e. The molecular formula is C12H25N3O4S. The Morgan fingerprint density at radius 3 is 2.35 bits per heavy atom. The number of carboxylic acids is 1. The number of piperidine rings is 1. The summed E-state index contributed by atoms with van der Waals surface area (Å²) in [6.07, 6.45) is 1.01. The molecule has 0 aliphatic carbocycles. The standard InChI is InChI=1S/C12H25N3O4S/c1-9(2)15-5-3-10(4-6-15)14-20(18,19)11(8-13)7-12(16)17/h9-11,14H,3-8,13H2,1-2H3,(H,16,17). The molecule has 1 aliphatic heterocycles. The molecule has 0 saturated carbocycles. The Kier molecular flexibility index (Phi) is 6.38. The molecule has 0 aromatic heterocycles. The van der Waals surface area contributed by atoms with Crippen LogP contribution in [-0.2, 0) is 14.8 Å². The Bertz CT molecular complexity index is 416. The van der Waals surface area contributed by atoms with Crippen molar-refractivity contribution in [2.75, 3.05) is 19.6 Å². The first-order chi connectivity index (χ1) is 9.26. The molecule has 1 unspecified atom stereocenters. The van der Waals surface area contributed by atoms with Crippen molar-refractivity contribution in [2.24, 2.45) is 5.73 Å². The van der Waals surface area contributed by atoms with E-state index in [0.29, 0.717) is 6.04 Å². The van der Waals surface area contributed by atoms with Gasteiger partial charge < -0.3 is 15.7 Å². The van der Waals surface area contributed by atoms with Gasteiger partial charge in [-0.15, -0.1) is 0 Å². The van der Waals surface area contributed by atoms with E-state index in [9.17, 15) is 13.2 Å². The van der Waals surface area contributed by atoms with Crippen LogP contribution in [0.2, 0.25) is 0 Å². The predicted octanol–water partition coefficient (Wildman–Crippen LogP) is -0.419. The predicted molar refractivity (Wildman–Crippen MR) is 76.9 cm³/mol. The molecule has 0 radical (unpaired) electrons. The molecule has 0 bridgehead atoms. The van der Waals surface area contributed by atoms with Crippen LogP contribution in [-0.4, -0.2) is 61.4 Å².